The predicted octanol–water partition coefficient (Wildman–Crippen LogP) is -0.976. The van der Waals surface area contributed by atoms with Gasteiger partial charge in [0.25, 0.3) is 0 Å². The Morgan fingerprint density at radius 1 is 1.07 bits per heavy atom. The average molecular weight is 227 g/mol. The van der Waals surface area contributed by atoms with Gasteiger partial charge in [-0.2, -0.15) is 0 Å². The highest BCUT2D eigenvalue weighted by atomic mass is 31.1. The lowest BCUT2D eigenvalue weighted by molar-refractivity contribution is 0.405. The maximum Gasteiger partial charge on any atom is 0.314 e. The number of nitrogens with one attached hydrogen (secondary N) is 1. The lowest BCUT2D eigenvalue weighted by Crippen LogP contribution is -2.27. The fourth-order valence-electron chi connectivity index (χ4n) is 0.329. The van der Waals surface area contributed by atoms with E-state index in [1.165, 1.54) is 19.3 Å². The zero-order valence-electron chi connectivity index (χ0n) is 8.41. The Morgan fingerprint density at radius 2 is 1.36 bits per heavy atom. The van der Waals surface area contributed by atoms with E-state index in [9.17, 15) is 0 Å². The molecule has 0 radical (unpaired) electrons. The summed E-state index contributed by atoms with van der Waals surface area (Å²) in [6, 6.07) is 0. The largest absolute Gasteiger partial charge is 0.329 e. The van der Waals surface area contributed by atoms with Crippen LogP contribution in [0.4, 0.5) is 0 Å². The molecular weight excluding hydrogens is 205 g/mol. The van der Waals surface area contributed by atoms with E-state index in [-0.39, 0.29) is 0 Å². The third-order valence-electron chi connectivity index (χ3n) is 0.996. The molecule has 1 aliphatic carbocycles. The van der Waals surface area contributed by atoms with Gasteiger partial charge in [-0.25, -0.2) is 0 Å². The number of hydrogen-bond donors (Lipinski definition) is 5. The van der Waals surface area contributed by atoms with Gasteiger partial charge in [0.1, 0.15) is 0 Å². The molecule has 0 aromatic heterocycles. The third-order valence-corrected chi connectivity index (χ3v) is 0.996. The van der Waals surface area contributed by atoms with Gasteiger partial charge in [-0.1, -0.05) is 19.3 Å². The number of hydrogen-bond acceptors (Lipinski definition) is 4. The normalized spacial score (nSPS) is 12.4. The summed E-state index contributed by atoms with van der Waals surface area (Å²) in [6.45, 7) is 3.13. The Balaban J connectivity index is 0. The summed E-state index contributed by atoms with van der Waals surface area (Å²) in [5.74, 6) is 0. The quantitative estimate of drug-likeness (QED) is 0.311. The molecule has 0 bridgehead atoms. The molecule has 0 atom stereocenters. The third kappa shape index (κ3) is 57.8. The maximum absolute atomic E-state index is 8.74. The predicted molar refractivity (Wildman–Crippen MR) is 58.3 cm³/mol. The zero-order valence-corrected chi connectivity index (χ0v) is 9.41. The molecule has 6 nitrogen and oxygen atoms in total. The minimum Gasteiger partial charge on any atom is -0.329 e. The van der Waals surface area contributed by atoms with E-state index in [0.29, 0.717) is 13.1 Å². The number of rotatable bonds is 4. The maximum atomic E-state index is 8.74. The van der Waals surface area contributed by atoms with Crippen LogP contribution >= 0.6 is 8.25 Å². The van der Waals surface area contributed by atoms with Gasteiger partial charge in [-0.3, -0.25) is 4.57 Å². The van der Waals surface area contributed by atoms with Crippen molar-refractivity contribution < 1.29 is 14.4 Å². The second-order valence-electron chi connectivity index (χ2n) is 2.67. The van der Waals surface area contributed by atoms with Crippen LogP contribution in [0.1, 0.15) is 19.3 Å². The van der Waals surface area contributed by atoms with E-state index in [1.54, 1.807) is 0 Å². The van der Waals surface area contributed by atoms with E-state index in [4.69, 9.17) is 25.8 Å². The van der Waals surface area contributed by atoms with Gasteiger partial charge in [0.15, 0.2) is 0 Å². The van der Waals surface area contributed by atoms with Crippen molar-refractivity contribution in [2.24, 2.45) is 11.5 Å². The van der Waals surface area contributed by atoms with Gasteiger partial charge in [0.05, 0.1) is 0 Å². The molecule has 1 fully saturated rings. The van der Waals surface area contributed by atoms with Crippen LogP contribution < -0.4 is 16.8 Å². The fraction of sp³-hybridized carbons (Fsp3) is 1.00. The molecule has 1 saturated carbocycles. The summed E-state index contributed by atoms with van der Waals surface area (Å²) >= 11 is 0. The van der Waals surface area contributed by atoms with Crippen LogP contribution in [0, 0.1) is 0 Å². The molecule has 1 aliphatic rings. The summed E-state index contributed by atoms with van der Waals surface area (Å²) in [5.41, 5.74) is 10.3. The highest BCUT2D eigenvalue weighted by Crippen LogP contribution is 2.14. The first-order chi connectivity index (χ1) is 6.65. The van der Waals surface area contributed by atoms with E-state index in [1.807, 2.05) is 0 Å². The second-order valence-corrected chi connectivity index (χ2v) is 3.24. The smallest absolute Gasteiger partial charge is 0.314 e. The first-order valence-corrected chi connectivity index (χ1v) is 5.98. The molecule has 0 heterocycles. The van der Waals surface area contributed by atoms with Crippen molar-refractivity contribution >= 4 is 8.25 Å². The van der Waals surface area contributed by atoms with Crippen LogP contribution in [-0.2, 0) is 4.57 Å². The van der Waals surface area contributed by atoms with Gasteiger partial charge in [-0.05, 0) is 0 Å². The van der Waals surface area contributed by atoms with Crippen LogP contribution in [0.15, 0.2) is 0 Å². The molecule has 0 saturated heterocycles. The summed E-state index contributed by atoms with van der Waals surface area (Å²) in [5, 5.41) is 3.03. The molecule has 0 spiro atoms. The molecule has 1 rings (SSSR count). The van der Waals surface area contributed by atoms with Crippen molar-refractivity contribution in [2.45, 2.75) is 19.3 Å². The monoisotopic (exact) mass is 227 g/mol. The van der Waals surface area contributed by atoms with Crippen molar-refractivity contribution in [1.82, 2.24) is 5.32 Å². The number of nitrogens with two attached hydrogens (primary N) is 2. The van der Waals surface area contributed by atoms with Gasteiger partial charge in [0, 0.05) is 26.2 Å². The summed E-state index contributed by atoms with van der Waals surface area (Å²) in [6.07, 6.45) is 4.50. The molecule has 0 unspecified atom stereocenters. The van der Waals surface area contributed by atoms with Crippen molar-refractivity contribution in [3.63, 3.8) is 0 Å². The minimum absolute atomic E-state index is 0.694. The van der Waals surface area contributed by atoms with Gasteiger partial charge in [0.2, 0.25) is 0 Å². The molecule has 0 aromatic rings. The topological polar surface area (TPSA) is 122 Å². The molecule has 0 aromatic carbocycles. The van der Waals surface area contributed by atoms with Crippen molar-refractivity contribution in [2.75, 3.05) is 26.2 Å². The molecule has 7 heteroatoms. The first kappa shape index (κ1) is 16.5. The first-order valence-electron chi connectivity index (χ1n) is 4.67. The SMILES string of the molecule is C1CC1.NCCNCCN.O=[PH](O)O. The van der Waals surface area contributed by atoms with E-state index in [2.05, 4.69) is 5.32 Å². The van der Waals surface area contributed by atoms with Gasteiger partial charge >= 0.3 is 8.25 Å². The Hall–Kier alpha value is 0.0300. The molecule has 88 valence electrons. The second kappa shape index (κ2) is 15.5. The lowest BCUT2D eigenvalue weighted by atomic mass is 10.6. The zero-order chi connectivity index (χ0) is 11.2. The van der Waals surface area contributed by atoms with Crippen LogP contribution in [-0.4, -0.2) is 36.0 Å². The molecule has 7 N–H and O–H groups in total. The van der Waals surface area contributed by atoms with Crippen molar-refractivity contribution in [1.29, 1.82) is 0 Å². The highest BCUT2D eigenvalue weighted by Gasteiger charge is 1.95. The summed E-state index contributed by atoms with van der Waals surface area (Å²) in [4.78, 5) is 14.3. The van der Waals surface area contributed by atoms with Crippen LogP contribution in [0.2, 0.25) is 0 Å². The summed E-state index contributed by atoms with van der Waals surface area (Å²) < 4.78 is 8.74. The fourth-order valence-corrected chi connectivity index (χ4v) is 0.329. The van der Waals surface area contributed by atoms with Crippen molar-refractivity contribution in [3.05, 3.63) is 0 Å². The molecular formula is C7H22N3O3P. The van der Waals surface area contributed by atoms with E-state index in [0.717, 1.165) is 13.1 Å². The summed E-state index contributed by atoms with van der Waals surface area (Å²) in [7, 11) is -3.13. The molecule has 0 aliphatic heterocycles. The standard InChI is InChI=1S/C4H13N3.C3H6.H3O3P/c5-1-3-7-4-2-6;1-2-3-1;1-4(2)3/h7H,1-6H2;1-3H2;4H,(H2,1,2,3). The van der Waals surface area contributed by atoms with Crippen LogP contribution in [0.25, 0.3) is 0 Å². The van der Waals surface area contributed by atoms with Crippen LogP contribution in [0.5, 0.6) is 0 Å². The highest BCUT2D eigenvalue weighted by molar-refractivity contribution is 7.30. The lowest BCUT2D eigenvalue weighted by Gasteiger charge is -1.95. The molecule has 14 heavy (non-hydrogen) atoms. The van der Waals surface area contributed by atoms with Crippen molar-refractivity contribution in [3.8, 4) is 0 Å². The Labute approximate surface area is 85.6 Å². The Kier molecular flexibility index (Phi) is 18.2. The van der Waals surface area contributed by atoms with E-state index >= 15 is 0 Å². The van der Waals surface area contributed by atoms with E-state index < -0.39 is 8.25 Å². The molecule has 0 amide bonds. The average Bonchev–Trinajstić information content (AvgIpc) is 2.90. The van der Waals surface area contributed by atoms with Crippen LogP contribution in [0.3, 0.4) is 0 Å². The van der Waals surface area contributed by atoms with Gasteiger partial charge in [-0.15, -0.1) is 0 Å². The Bertz CT molecular complexity index is 114. The van der Waals surface area contributed by atoms with Gasteiger partial charge < -0.3 is 26.6 Å². The Morgan fingerprint density at radius 3 is 1.50 bits per heavy atom. The minimum atomic E-state index is -3.13.